The van der Waals surface area contributed by atoms with E-state index < -0.39 is 0 Å². The highest BCUT2D eigenvalue weighted by Gasteiger charge is 2.24. The molecule has 1 saturated carbocycles. The van der Waals surface area contributed by atoms with Crippen molar-refractivity contribution in [2.24, 2.45) is 0 Å². The van der Waals surface area contributed by atoms with Crippen LogP contribution in [0.4, 0.5) is 0 Å². The van der Waals surface area contributed by atoms with Gasteiger partial charge in [0.25, 0.3) is 5.91 Å². The largest absolute Gasteiger partial charge is 0.382 e. The Balaban J connectivity index is 1.44. The third-order valence-electron chi connectivity index (χ3n) is 5.16. The van der Waals surface area contributed by atoms with E-state index in [9.17, 15) is 4.79 Å². The lowest BCUT2D eigenvalue weighted by Crippen LogP contribution is -2.39. The van der Waals surface area contributed by atoms with E-state index in [4.69, 9.17) is 9.47 Å². The van der Waals surface area contributed by atoms with Gasteiger partial charge in [-0.15, -0.1) is 10.2 Å². The molecule has 28 heavy (non-hydrogen) atoms. The zero-order valence-corrected chi connectivity index (χ0v) is 15.8. The van der Waals surface area contributed by atoms with Crippen molar-refractivity contribution in [3.63, 3.8) is 0 Å². The molecule has 0 atom stereocenters. The molecular formula is C19H24N6O3. The first-order valence-corrected chi connectivity index (χ1v) is 9.51. The summed E-state index contributed by atoms with van der Waals surface area (Å²) in [4.78, 5) is 16.2. The molecule has 148 valence electrons. The molecule has 0 saturated heterocycles. The van der Waals surface area contributed by atoms with E-state index in [1.165, 1.54) is 0 Å². The van der Waals surface area contributed by atoms with Gasteiger partial charge >= 0.3 is 0 Å². The molecule has 0 aliphatic heterocycles. The molecule has 2 aromatic heterocycles. The lowest BCUT2D eigenvalue weighted by molar-refractivity contribution is -0.00408. The summed E-state index contributed by atoms with van der Waals surface area (Å²) in [6.07, 6.45) is 5.76. The lowest BCUT2D eigenvalue weighted by Gasteiger charge is -2.29. The van der Waals surface area contributed by atoms with Gasteiger partial charge < -0.3 is 19.8 Å². The number of fused-ring (bicyclic) bond motifs is 1. The number of benzene rings is 1. The second-order valence-corrected chi connectivity index (χ2v) is 7.01. The van der Waals surface area contributed by atoms with Crippen molar-refractivity contribution in [3.8, 4) is 11.4 Å². The highest BCUT2D eigenvalue weighted by molar-refractivity contribution is 6.07. The summed E-state index contributed by atoms with van der Waals surface area (Å²) in [7, 11) is 1.67. The molecule has 1 aromatic carbocycles. The van der Waals surface area contributed by atoms with Crippen molar-refractivity contribution in [1.29, 1.82) is 0 Å². The number of carbonyl (C=O) groups excluding carboxylic acids is 1. The topological polar surface area (TPSA) is 118 Å². The quantitative estimate of drug-likeness (QED) is 0.537. The van der Waals surface area contributed by atoms with Gasteiger partial charge in [-0.05, 0) is 49.1 Å². The molecule has 0 spiro atoms. The lowest BCUT2D eigenvalue weighted by atomic mass is 9.92. The fraction of sp³-hybridized carbons (Fsp3) is 0.474. The van der Waals surface area contributed by atoms with Crippen molar-refractivity contribution in [3.05, 3.63) is 30.0 Å². The summed E-state index contributed by atoms with van der Waals surface area (Å²) in [6, 6.07) is 5.82. The molecule has 1 aliphatic rings. The number of methoxy groups -OCH3 is 1. The zero-order valence-electron chi connectivity index (χ0n) is 15.8. The number of H-pyrrole nitrogens is 2. The monoisotopic (exact) mass is 384 g/mol. The average molecular weight is 384 g/mol. The van der Waals surface area contributed by atoms with Crippen LogP contribution in [0.25, 0.3) is 22.3 Å². The zero-order chi connectivity index (χ0) is 19.3. The third kappa shape index (κ3) is 4.05. The molecule has 4 rings (SSSR count). The van der Waals surface area contributed by atoms with Crippen LogP contribution in [0.2, 0.25) is 0 Å². The highest BCUT2D eigenvalue weighted by atomic mass is 16.5. The third-order valence-corrected chi connectivity index (χ3v) is 5.16. The molecule has 9 nitrogen and oxygen atoms in total. The molecular weight excluding hydrogens is 360 g/mol. The van der Waals surface area contributed by atoms with Gasteiger partial charge in [0.2, 0.25) is 5.82 Å². The Labute approximate surface area is 162 Å². The summed E-state index contributed by atoms with van der Waals surface area (Å²) >= 11 is 0. The van der Waals surface area contributed by atoms with E-state index in [1.54, 1.807) is 13.2 Å². The van der Waals surface area contributed by atoms with E-state index in [2.05, 4.69) is 30.9 Å². The predicted molar refractivity (Wildman–Crippen MR) is 103 cm³/mol. The van der Waals surface area contributed by atoms with Crippen LogP contribution >= 0.6 is 0 Å². The summed E-state index contributed by atoms with van der Waals surface area (Å²) in [6.45, 7) is 1.23. The van der Waals surface area contributed by atoms with Crippen molar-refractivity contribution in [2.45, 2.75) is 37.8 Å². The number of tetrazole rings is 1. The highest BCUT2D eigenvalue weighted by Crippen LogP contribution is 2.26. The van der Waals surface area contributed by atoms with Crippen LogP contribution in [0.15, 0.2) is 24.4 Å². The molecule has 0 radical (unpaired) electrons. The molecule has 2 heterocycles. The molecule has 0 bridgehead atoms. The first-order chi connectivity index (χ1) is 13.7. The van der Waals surface area contributed by atoms with Crippen LogP contribution in [-0.2, 0) is 9.47 Å². The minimum atomic E-state index is -0.0958. The normalized spacial score (nSPS) is 19.8. The SMILES string of the molecule is COCCOC1CCC(NC(=O)c2cc(-c3nn[nH]n3)cc3cc[nH]c23)CC1. The minimum Gasteiger partial charge on any atom is -0.382 e. The van der Waals surface area contributed by atoms with Crippen LogP contribution < -0.4 is 5.32 Å². The molecule has 0 unspecified atom stereocenters. The average Bonchev–Trinajstić information content (AvgIpc) is 3.40. The number of aromatic nitrogens is 5. The van der Waals surface area contributed by atoms with Gasteiger partial charge in [-0.3, -0.25) is 4.79 Å². The molecule has 3 N–H and O–H groups in total. The number of amides is 1. The van der Waals surface area contributed by atoms with Crippen molar-refractivity contribution >= 4 is 16.8 Å². The summed E-state index contributed by atoms with van der Waals surface area (Å²) < 4.78 is 10.8. The Morgan fingerprint density at radius 1 is 1.25 bits per heavy atom. The smallest absolute Gasteiger partial charge is 0.253 e. The summed E-state index contributed by atoms with van der Waals surface area (Å²) in [5.74, 6) is 0.368. The minimum absolute atomic E-state index is 0.0958. The fourth-order valence-corrected chi connectivity index (χ4v) is 3.70. The Morgan fingerprint density at radius 2 is 2.11 bits per heavy atom. The number of aromatic amines is 2. The Bertz CT molecular complexity index is 915. The number of ether oxygens (including phenoxy) is 2. The van der Waals surface area contributed by atoms with E-state index in [-0.39, 0.29) is 18.1 Å². The van der Waals surface area contributed by atoms with Gasteiger partial charge in [0.15, 0.2) is 0 Å². The van der Waals surface area contributed by atoms with Crippen LogP contribution in [0, 0.1) is 0 Å². The summed E-state index contributed by atoms with van der Waals surface area (Å²) in [5, 5.41) is 18.2. The van der Waals surface area contributed by atoms with Crippen LogP contribution in [0.1, 0.15) is 36.0 Å². The molecule has 1 amide bonds. The van der Waals surface area contributed by atoms with Crippen molar-refractivity contribution in [1.82, 2.24) is 30.9 Å². The van der Waals surface area contributed by atoms with E-state index >= 15 is 0 Å². The maximum absolute atomic E-state index is 13.0. The Kier molecular flexibility index (Phi) is 5.63. The number of nitrogens with one attached hydrogen (secondary N) is 3. The Hall–Kier alpha value is -2.78. The molecule has 9 heteroatoms. The van der Waals surface area contributed by atoms with Gasteiger partial charge in [0, 0.05) is 30.3 Å². The van der Waals surface area contributed by atoms with E-state index in [0.717, 1.165) is 42.1 Å². The fourth-order valence-electron chi connectivity index (χ4n) is 3.70. The van der Waals surface area contributed by atoms with Crippen molar-refractivity contribution < 1.29 is 14.3 Å². The van der Waals surface area contributed by atoms with E-state index in [1.807, 2.05) is 18.3 Å². The number of hydrogen-bond acceptors (Lipinski definition) is 6. The molecule has 1 aliphatic carbocycles. The maximum atomic E-state index is 13.0. The first-order valence-electron chi connectivity index (χ1n) is 9.51. The number of hydrogen-bond donors (Lipinski definition) is 3. The van der Waals surface area contributed by atoms with E-state index in [0.29, 0.717) is 24.6 Å². The Morgan fingerprint density at radius 3 is 2.86 bits per heavy atom. The standard InChI is InChI=1S/C19H24N6O3/c1-27-8-9-28-15-4-2-14(3-5-15)21-19(26)16-11-13(18-22-24-25-23-18)10-12-6-7-20-17(12)16/h6-7,10-11,14-15,20H,2-5,8-9H2,1H3,(H,21,26)(H,22,23,24,25). The van der Waals surface area contributed by atoms with Gasteiger partial charge in [0.1, 0.15) is 0 Å². The second-order valence-electron chi connectivity index (χ2n) is 7.01. The van der Waals surface area contributed by atoms with Crippen LogP contribution in [0.3, 0.4) is 0 Å². The van der Waals surface area contributed by atoms with Gasteiger partial charge in [0.05, 0.1) is 30.4 Å². The number of nitrogens with zero attached hydrogens (tertiary/aromatic N) is 3. The van der Waals surface area contributed by atoms with Gasteiger partial charge in [-0.25, -0.2) is 0 Å². The van der Waals surface area contributed by atoms with Gasteiger partial charge in [-0.2, -0.15) is 5.21 Å². The number of rotatable bonds is 7. The molecule has 1 fully saturated rings. The van der Waals surface area contributed by atoms with Gasteiger partial charge in [-0.1, -0.05) is 0 Å². The van der Waals surface area contributed by atoms with Crippen LogP contribution in [0.5, 0.6) is 0 Å². The van der Waals surface area contributed by atoms with Crippen LogP contribution in [-0.4, -0.2) is 64.0 Å². The first kappa shape index (κ1) is 18.6. The summed E-state index contributed by atoms with van der Waals surface area (Å²) in [5.41, 5.74) is 2.14. The number of carbonyl (C=O) groups is 1. The second kappa shape index (κ2) is 8.49. The maximum Gasteiger partial charge on any atom is 0.253 e. The molecule has 3 aromatic rings. The predicted octanol–water partition coefficient (Wildman–Crippen LogP) is 2.05. The van der Waals surface area contributed by atoms with Crippen molar-refractivity contribution in [2.75, 3.05) is 20.3 Å².